The van der Waals surface area contributed by atoms with Crippen molar-refractivity contribution in [3.8, 4) is 0 Å². The fraction of sp³-hybridized carbons (Fsp3) is 0.478. The summed E-state index contributed by atoms with van der Waals surface area (Å²) in [5.74, 6) is -3.15. The Bertz CT molecular complexity index is 1120. The predicted octanol–water partition coefficient (Wildman–Crippen LogP) is 1.73. The number of rotatable bonds is 7. The maximum atomic E-state index is 12.8. The molecule has 1 fully saturated rings. The van der Waals surface area contributed by atoms with Crippen molar-refractivity contribution >= 4 is 64.1 Å². The molecule has 3 rings (SSSR count). The molecule has 5 atom stereocenters. The van der Waals surface area contributed by atoms with Gasteiger partial charge < -0.3 is 23.7 Å². The lowest BCUT2D eigenvalue weighted by Gasteiger charge is -2.44. The number of thiophene rings is 1. The van der Waals surface area contributed by atoms with E-state index in [1.165, 1.54) is 30.2 Å². The number of amidine groups is 1. The number of ether oxygens (including phenoxy) is 5. The molecular weight excluding hydrogens is 528 g/mol. The Hall–Kier alpha value is -3.23. The average Bonchev–Trinajstić information content (AvgIpc) is 3.40. The Labute approximate surface area is 220 Å². The first-order valence-electron chi connectivity index (χ1n) is 11.0. The second kappa shape index (κ2) is 12.3. The van der Waals surface area contributed by atoms with Crippen LogP contribution in [-0.4, -0.2) is 83.4 Å². The third kappa shape index (κ3) is 7.40. The number of hydrogen-bond donors (Lipinski definition) is 0. The molecule has 200 valence electrons. The van der Waals surface area contributed by atoms with Crippen LogP contribution < -0.4 is 0 Å². The molecule has 14 heteroatoms. The number of aliphatic imine (C=N–C) groups is 1. The Morgan fingerprint density at radius 3 is 2.22 bits per heavy atom. The Kier molecular flexibility index (Phi) is 9.45. The first kappa shape index (κ1) is 28.3. The number of thioether (sulfide) groups is 1. The van der Waals surface area contributed by atoms with Crippen molar-refractivity contribution in [1.29, 1.82) is 0 Å². The van der Waals surface area contributed by atoms with Crippen molar-refractivity contribution < 1.29 is 47.7 Å². The zero-order valence-corrected chi connectivity index (χ0v) is 22.3. The van der Waals surface area contributed by atoms with Gasteiger partial charge in [0.2, 0.25) is 0 Å². The molecule has 3 heterocycles. The van der Waals surface area contributed by atoms with Gasteiger partial charge in [-0.25, -0.2) is 4.99 Å². The molecule has 0 N–H and O–H groups in total. The largest absolute Gasteiger partial charge is 0.463 e. The fourth-order valence-electron chi connectivity index (χ4n) is 3.58. The summed E-state index contributed by atoms with van der Waals surface area (Å²) >= 11 is 2.38. The van der Waals surface area contributed by atoms with Gasteiger partial charge in [0.1, 0.15) is 18.4 Å². The van der Waals surface area contributed by atoms with Crippen LogP contribution in [-0.2, 0) is 47.7 Å². The van der Waals surface area contributed by atoms with E-state index in [9.17, 15) is 24.0 Å². The van der Waals surface area contributed by atoms with Gasteiger partial charge in [-0.15, -0.1) is 11.3 Å². The van der Waals surface area contributed by atoms with Gasteiger partial charge in [0.15, 0.2) is 28.9 Å². The van der Waals surface area contributed by atoms with Gasteiger partial charge >= 0.3 is 23.9 Å². The molecule has 2 aliphatic rings. The highest BCUT2D eigenvalue weighted by Gasteiger charge is 2.53. The van der Waals surface area contributed by atoms with Crippen molar-refractivity contribution in [1.82, 2.24) is 4.90 Å². The van der Waals surface area contributed by atoms with Crippen molar-refractivity contribution in [2.45, 2.75) is 57.5 Å². The van der Waals surface area contributed by atoms with Crippen LogP contribution in [0.15, 0.2) is 28.2 Å². The molecule has 12 nitrogen and oxygen atoms in total. The van der Waals surface area contributed by atoms with E-state index in [1.807, 2.05) is 17.5 Å². The van der Waals surface area contributed by atoms with Crippen LogP contribution >= 0.6 is 23.1 Å². The zero-order chi connectivity index (χ0) is 27.3. The summed E-state index contributed by atoms with van der Waals surface area (Å²) in [5, 5.41) is 2.10. The normalized spacial score (nSPS) is 26.5. The minimum atomic E-state index is -1.30. The van der Waals surface area contributed by atoms with Gasteiger partial charge in [-0.2, -0.15) is 0 Å². The third-order valence-electron chi connectivity index (χ3n) is 5.02. The second-order valence-corrected chi connectivity index (χ2v) is 10.0. The van der Waals surface area contributed by atoms with Gasteiger partial charge in [0.25, 0.3) is 5.91 Å². The zero-order valence-electron chi connectivity index (χ0n) is 20.7. The van der Waals surface area contributed by atoms with Crippen LogP contribution in [0.4, 0.5) is 0 Å². The lowest BCUT2D eigenvalue weighted by atomic mass is 9.99. The number of hydrogen-bond acceptors (Lipinski definition) is 13. The molecule has 1 saturated heterocycles. The van der Waals surface area contributed by atoms with Crippen LogP contribution in [0.25, 0.3) is 6.08 Å². The number of carbonyl (C=O) groups is 5. The van der Waals surface area contributed by atoms with Crippen molar-refractivity contribution in [2.75, 3.05) is 13.7 Å². The van der Waals surface area contributed by atoms with Gasteiger partial charge in [-0.05, 0) is 17.5 Å². The second-order valence-electron chi connectivity index (χ2n) is 7.99. The molecule has 0 spiro atoms. The lowest BCUT2D eigenvalue weighted by molar-refractivity contribution is -0.237. The number of nitrogens with zero attached hydrogens (tertiary/aromatic N) is 2. The highest BCUT2D eigenvalue weighted by molar-refractivity contribution is 8.14. The van der Waals surface area contributed by atoms with Crippen molar-refractivity contribution in [2.24, 2.45) is 4.99 Å². The van der Waals surface area contributed by atoms with E-state index in [-0.39, 0.29) is 23.4 Å². The van der Waals surface area contributed by atoms with Gasteiger partial charge in [0, 0.05) is 39.6 Å². The molecule has 0 bridgehead atoms. The van der Waals surface area contributed by atoms with Crippen LogP contribution in [0, 0.1) is 0 Å². The summed E-state index contributed by atoms with van der Waals surface area (Å²) in [5.41, 5.74) is -0.895. The average molecular weight is 555 g/mol. The molecule has 0 unspecified atom stereocenters. The van der Waals surface area contributed by atoms with Crippen LogP contribution in [0.2, 0.25) is 0 Å². The molecule has 37 heavy (non-hydrogen) atoms. The predicted molar refractivity (Wildman–Crippen MR) is 132 cm³/mol. The van der Waals surface area contributed by atoms with Gasteiger partial charge in [0.05, 0.1) is 0 Å². The van der Waals surface area contributed by atoms with Gasteiger partial charge in [-0.3, -0.25) is 28.9 Å². The van der Waals surface area contributed by atoms with E-state index in [2.05, 4.69) is 4.99 Å². The van der Waals surface area contributed by atoms with E-state index in [4.69, 9.17) is 23.7 Å². The minimum absolute atomic E-state index is 0.193. The number of likely N-dealkylation sites (N-methyl/N-ethyl adjacent to an activating group) is 1. The SMILES string of the molecule is CC(=O)OC[C@H]1O[C@@H](SC2=N/C(=C/c3cccs3)C(=O)N2C)[C@H](OC(C)=O)[C@@H](OC(C)=O)[C@H]1OC(C)=O. The Morgan fingerprint density at radius 2 is 1.65 bits per heavy atom. The highest BCUT2D eigenvalue weighted by atomic mass is 32.2. The molecule has 0 saturated carbocycles. The molecule has 0 aliphatic carbocycles. The first-order valence-corrected chi connectivity index (χ1v) is 12.8. The molecule has 1 amide bonds. The van der Waals surface area contributed by atoms with Gasteiger partial charge in [-0.1, -0.05) is 17.8 Å². The Morgan fingerprint density at radius 1 is 1.03 bits per heavy atom. The summed E-state index contributed by atoms with van der Waals surface area (Å²) in [7, 11) is 1.52. The number of amides is 1. The van der Waals surface area contributed by atoms with Crippen LogP contribution in [0.5, 0.6) is 0 Å². The fourth-order valence-corrected chi connectivity index (χ4v) is 5.37. The first-order chi connectivity index (χ1) is 17.5. The summed E-state index contributed by atoms with van der Waals surface area (Å²) in [4.78, 5) is 66.6. The number of carbonyl (C=O) groups excluding carboxylic acids is 5. The van der Waals surface area contributed by atoms with Crippen LogP contribution in [0.3, 0.4) is 0 Å². The van der Waals surface area contributed by atoms with E-state index < -0.39 is 53.7 Å². The summed E-state index contributed by atoms with van der Waals surface area (Å²) in [6, 6.07) is 3.68. The highest BCUT2D eigenvalue weighted by Crippen LogP contribution is 2.37. The topological polar surface area (TPSA) is 147 Å². The molecule has 0 aromatic carbocycles. The molecule has 1 aromatic rings. The number of esters is 4. The standard InChI is InChI=1S/C23H26N2O10S2/c1-11(26)31-10-17-18(32-12(2)27)19(33-13(3)28)20(34-14(4)29)22(35-17)37-23-24-16(21(30)25(23)5)9-15-7-6-8-36-15/h6-9,17-20,22H,10H2,1-5H3/b16-9+/t17-,18+,19+,20-,22+/m1/s1. The molecule has 1 aromatic heterocycles. The maximum absolute atomic E-state index is 12.8. The molecular formula is C23H26N2O10S2. The summed E-state index contributed by atoms with van der Waals surface area (Å²) in [6.45, 7) is 4.28. The minimum Gasteiger partial charge on any atom is -0.463 e. The Balaban J connectivity index is 1.98. The van der Waals surface area contributed by atoms with E-state index in [1.54, 1.807) is 6.08 Å². The lowest BCUT2D eigenvalue weighted by Crippen LogP contribution is -2.61. The maximum Gasteiger partial charge on any atom is 0.303 e. The summed E-state index contributed by atoms with van der Waals surface area (Å²) in [6.07, 6.45) is -3.28. The molecule has 2 aliphatic heterocycles. The summed E-state index contributed by atoms with van der Waals surface area (Å²) < 4.78 is 27.4. The van der Waals surface area contributed by atoms with Crippen LogP contribution in [0.1, 0.15) is 32.6 Å². The molecule has 0 radical (unpaired) electrons. The monoisotopic (exact) mass is 554 g/mol. The van der Waals surface area contributed by atoms with E-state index in [0.29, 0.717) is 0 Å². The smallest absolute Gasteiger partial charge is 0.303 e. The van der Waals surface area contributed by atoms with Crippen molar-refractivity contribution in [3.05, 3.63) is 28.1 Å². The van der Waals surface area contributed by atoms with E-state index in [0.717, 1.165) is 37.4 Å². The van der Waals surface area contributed by atoms with Crippen molar-refractivity contribution in [3.63, 3.8) is 0 Å². The third-order valence-corrected chi connectivity index (χ3v) is 7.03. The quantitative estimate of drug-likeness (QED) is 0.276. The van der Waals surface area contributed by atoms with E-state index >= 15 is 0 Å².